The first-order valence-corrected chi connectivity index (χ1v) is 5.89. The maximum absolute atomic E-state index is 6.14. The first kappa shape index (κ1) is 12.0. The van der Waals surface area contributed by atoms with Gasteiger partial charge in [0.2, 0.25) is 0 Å². The average molecular weight is 230 g/mol. The Labute approximate surface area is 102 Å². The van der Waals surface area contributed by atoms with Gasteiger partial charge in [0.1, 0.15) is 0 Å². The van der Waals surface area contributed by atoms with Gasteiger partial charge >= 0.3 is 0 Å². The molecule has 17 heavy (non-hydrogen) atoms. The van der Waals surface area contributed by atoms with Gasteiger partial charge in [0.05, 0.1) is 24.3 Å². The molecule has 0 bridgehead atoms. The van der Waals surface area contributed by atoms with Crippen LogP contribution in [0.4, 0.5) is 0 Å². The highest BCUT2D eigenvalue weighted by atomic mass is 16.5. The first-order valence-electron chi connectivity index (χ1n) is 5.89. The molecule has 0 spiro atoms. The zero-order valence-electron chi connectivity index (χ0n) is 10.3. The van der Waals surface area contributed by atoms with E-state index >= 15 is 0 Å². The molecule has 1 aromatic heterocycles. The summed E-state index contributed by atoms with van der Waals surface area (Å²) < 4.78 is 5.55. The van der Waals surface area contributed by atoms with Crippen LogP contribution in [0.25, 0.3) is 10.9 Å². The van der Waals surface area contributed by atoms with Crippen molar-refractivity contribution in [1.29, 1.82) is 0 Å². The third-order valence-electron chi connectivity index (χ3n) is 2.67. The van der Waals surface area contributed by atoms with Crippen molar-refractivity contribution in [2.75, 3.05) is 6.61 Å². The number of nitrogens with two attached hydrogens (primary N) is 1. The lowest BCUT2D eigenvalue weighted by Gasteiger charge is -2.16. The van der Waals surface area contributed by atoms with E-state index in [0.717, 1.165) is 16.5 Å². The van der Waals surface area contributed by atoms with Gasteiger partial charge in [0.15, 0.2) is 0 Å². The maximum atomic E-state index is 6.14. The van der Waals surface area contributed by atoms with Gasteiger partial charge in [-0.2, -0.15) is 0 Å². The average Bonchev–Trinajstić information content (AvgIpc) is 2.35. The van der Waals surface area contributed by atoms with Gasteiger partial charge in [-0.1, -0.05) is 24.3 Å². The highest BCUT2D eigenvalue weighted by Gasteiger charge is 2.11. The Bertz CT molecular complexity index is 491. The van der Waals surface area contributed by atoms with Crippen molar-refractivity contribution in [3.63, 3.8) is 0 Å². The molecule has 0 aliphatic rings. The number of hydrogen-bond acceptors (Lipinski definition) is 3. The summed E-state index contributed by atoms with van der Waals surface area (Å²) >= 11 is 0. The third-order valence-corrected chi connectivity index (χ3v) is 2.67. The number of hydrogen-bond donors (Lipinski definition) is 1. The third kappa shape index (κ3) is 2.81. The van der Waals surface area contributed by atoms with Crippen molar-refractivity contribution in [3.05, 3.63) is 42.1 Å². The second kappa shape index (κ2) is 5.25. The van der Waals surface area contributed by atoms with Crippen LogP contribution in [0, 0.1) is 0 Å². The normalized spacial score (nSPS) is 13.2. The lowest BCUT2D eigenvalue weighted by molar-refractivity contribution is 0.0685. The van der Waals surface area contributed by atoms with E-state index < -0.39 is 0 Å². The Morgan fingerprint density at radius 3 is 2.76 bits per heavy atom. The highest BCUT2D eigenvalue weighted by Crippen LogP contribution is 2.21. The number of benzene rings is 1. The number of fused-ring (bicyclic) bond motifs is 1. The molecule has 0 fully saturated rings. The van der Waals surface area contributed by atoms with Crippen LogP contribution < -0.4 is 5.73 Å². The Kier molecular flexibility index (Phi) is 3.71. The second-order valence-corrected chi connectivity index (χ2v) is 4.41. The molecule has 2 N–H and O–H groups in total. The van der Waals surface area contributed by atoms with E-state index in [2.05, 4.69) is 4.98 Å². The molecule has 0 saturated carbocycles. The van der Waals surface area contributed by atoms with E-state index in [4.69, 9.17) is 10.5 Å². The van der Waals surface area contributed by atoms with Crippen LogP contribution in [0.5, 0.6) is 0 Å². The van der Waals surface area contributed by atoms with Crippen LogP contribution >= 0.6 is 0 Å². The molecule has 1 heterocycles. The predicted molar refractivity (Wildman–Crippen MR) is 69.8 cm³/mol. The van der Waals surface area contributed by atoms with Crippen LogP contribution in [-0.4, -0.2) is 17.7 Å². The van der Waals surface area contributed by atoms with E-state index in [1.54, 1.807) is 6.20 Å². The Morgan fingerprint density at radius 2 is 2.00 bits per heavy atom. The number of ether oxygens (including phenoxy) is 1. The van der Waals surface area contributed by atoms with Crippen LogP contribution in [0.2, 0.25) is 0 Å². The molecule has 0 amide bonds. The van der Waals surface area contributed by atoms with E-state index in [9.17, 15) is 0 Å². The van der Waals surface area contributed by atoms with Crippen molar-refractivity contribution in [2.24, 2.45) is 5.73 Å². The van der Waals surface area contributed by atoms with Crippen LogP contribution in [0.1, 0.15) is 25.5 Å². The number of para-hydroxylation sites is 1. The summed E-state index contributed by atoms with van der Waals surface area (Å²) in [7, 11) is 0. The number of aromatic nitrogens is 1. The zero-order chi connectivity index (χ0) is 12.3. The highest BCUT2D eigenvalue weighted by molar-refractivity contribution is 5.81. The Balaban J connectivity index is 2.28. The first-order chi connectivity index (χ1) is 8.18. The smallest absolute Gasteiger partial charge is 0.0750 e. The molecule has 0 aliphatic heterocycles. The summed E-state index contributed by atoms with van der Waals surface area (Å²) in [5, 5.41) is 1.12. The van der Waals surface area contributed by atoms with Crippen LogP contribution in [0.15, 0.2) is 36.5 Å². The Morgan fingerprint density at radius 1 is 1.24 bits per heavy atom. The van der Waals surface area contributed by atoms with Gasteiger partial charge in [-0.05, 0) is 25.5 Å². The molecule has 0 aliphatic carbocycles. The molecule has 2 rings (SSSR count). The van der Waals surface area contributed by atoms with E-state index in [0.29, 0.717) is 6.61 Å². The number of rotatable bonds is 4. The lowest BCUT2D eigenvalue weighted by atomic mass is 10.0. The van der Waals surface area contributed by atoms with Crippen molar-refractivity contribution in [1.82, 2.24) is 4.98 Å². The van der Waals surface area contributed by atoms with Crippen molar-refractivity contribution >= 4 is 10.9 Å². The number of pyridine rings is 1. The maximum Gasteiger partial charge on any atom is 0.0750 e. The molecule has 3 nitrogen and oxygen atoms in total. The Hall–Kier alpha value is -1.45. The van der Waals surface area contributed by atoms with Gasteiger partial charge in [-0.3, -0.25) is 4.98 Å². The summed E-state index contributed by atoms with van der Waals surface area (Å²) in [4.78, 5) is 4.39. The second-order valence-electron chi connectivity index (χ2n) is 4.41. The fraction of sp³-hybridized carbons (Fsp3) is 0.357. The van der Waals surface area contributed by atoms with Gasteiger partial charge in [0, 0.05) is 11.6 Å². The van der Waals surface area contributed by atoms with Crippen LogP contribution in [0.3, 0.4) is 0 Å². The summed E-state index contributed by atoms with van der Waals surface area (Å²) in [5.74, 6) is 0. The molecule has 2 aromatic rings. The largest absolute Gasteiger partial charge is 0.377 e. The van der Waals surface area contributed by atoms with E-state index in [1.807, 2.05) is 44.2 Å². The number of nitrogens with zero attached hydrogens (tertiary/aromatic N) is 1. The van der Waals surface area contributed by atoms with Crippen molar-refractivity contribution in [3.8, 4) is 0 Å². The molecular weight excluding hydrogens is 212 g/mol. The van der Waals surface area contributed by atoms with Gasteiger partial charge in [0.25, 0.3) is 0 Å². The minimum atomic E-state index is -0.129. The molecule has 3 heteroatoms. The fourth-order valence-electron chi connectivity index (χ4n) is 1.81. The molecular formula is C14H18N2O. The molecule has 90 valence electrons. The summed E-state index contributed by atoms with van der Waals surface area (Å²) in [6.45, 7) is 4.54. The zero-order valence-corrected chi connectivity index (χ0v) is 10.3. The van der Waals surface area contributed by atoms with Crippen molar-refractivity contribution in [2.45, 2.75) is 26.0 Å². The minimum Gasteiger partial charge on any atom is -0.377 e. The SMILES string of the molecule is CC(C)OCC(N)c1cccc2cccnc12. The van der Waals surface area contributed by atoms with Gasteiger partial charge in [-0.25, -0.2) is 0 Å². The summed E-state index contributed by atoms with van der Waals surface area (Å²) in [5.41, 5.74) is 8.16. The van der Waals surface area contributed by atoms with E-state index in [-0.39, 0.29) is 12.1 Å². The predicted octanol–water partition coefficient (Wildman–Crippen LogP) is 2.66. The molecule has 1 aromatic carbocycles. The fourth-order valence-corrected chi connectivity index (χ4v) is 1.81. The van der Waals surface area contributed by atoms with Gasteiger partial charge in [-0.15, -0.1) is 0 Å². The quantitative estimate of drug-likeness (QED) is 0.878. The summed E-state index contributed by atoms with van der Waals surface area (Å²) in [6.07, 6.45) is 1.99. The van der Waals surface area contributed by atoms with E-state index in [1.165, 1.54) is 0 Å². The van der Waals surface area contributed by atoms with Gasteiger partial charge < -0.3 is 10.5 Å². The standard InChI is InChI=1S/C14H18N2O/c1-10(2)17-9-13(15)12-7-3-5-11-6-4-8-16-14(11)12/h3-8,10,13H,9,15H2,1-2H3. The lowest BCUT2D eigenvalue weighted by Crippen LogP contribution is -2.20. The van der Waals surface area contributed by atoms with Crippen LogP contribution in [-0.2, 0) is 4.74 Å². The molecule has 1 unspecified atom stereocenters. The monoisotopic (exact) mass is 230 g/mol. The molecule has 0 radical (unpaired) electrons. The molecule has 0 saturated heterocycles. The topological polar surface area (TPSA) is 48.1 Å². The van der Waals surface area contributed by atoms with Crippen molar-refractivity contribution < 1.29 is 4.74 Å². The molecule has 1 atom stereocenters. The minimum absolute atomic E-state index is 0.129. The summed E-state index contributed by atoms with van der Waals surface area (Å²) in [6, 6.07) is 9.92.